The molecule has 0 unspecified atom stereocenters. The maximum absolute atomic E-state index is 9.75. The van der Waals surface area contributed by atoms with Crippen molar-refractivity contribution in [3.8, 4) is 0 Å². The molecule has 0 radical (unpaired) electrons. The molecule has 0 atom stereocenters. The molecule has 0 N–H and O–H groups in total. The molecule has 0 spiro atoms. The molecule has 0 bridgehead atoms. The second-order valence-electron chi connectivity index (χ2n) is 3.67. The largest absolute Gasteiger partial charge is 0.673 e. The van der Waals surface area contributed by atoms with Gasteiger partial charge in [-0.1, -0.05) is 0 Å². The topological polar surface area (TPSA) is 15.5 Å². The molecule has 0 amide bonds. The van der Waals surface area contributed by atoms with Crippen molar-refractivity contribution in [2.24, 2.45) is 0 Å². The predicted molar refractivity (Wildman–Crippen MR) is 66.3 cm³/mol. The smallest absolute Gasteiger partial charge is 0.491 e. The van der Waals surface area contributed by atoms with E-state index < -0.39 is 7.25 Å². The summed E-state index contributed by atoms with van der Waals surface area (Å²) in [6.45, 7) is 0. The van der Waals surface area contributed by atoms with Crippen LogP contribution in [0.2, 0.25) is 0 Å². The zero-order chi connectivity index (χ0) is 14.8. The predicted octanol–water partition coefficient (Wildman–Crippen LogP) is 2.23. The van der Waals surface area contributed by atoms with Crippen molar-refractivity contribution in [1.82, 2.24) is 4.90 Å². The Kier molecular flexibility index (Phi) is 10.0. The number of hydrogen-bond acceptors (Lipinski definition) is 2. The van der Waals surface area contributed by atoms with Crippen LogP contribution in [0.3, 0.4) is 0 Å². The number of allylic oxidation sites excluding steroid dienone is 3. The lowest BCUT2D eigenvalue weighted by molar-refractivity contribution is -0.459. The van der Waals surface area contributed by atoms with Gasteiger partial charge in [0.05, 0.1) is 7.11 Å². The Morgan fingerprint density at radius 2 is 1.61 bits per heavy atom. The van der Waals surface area contributed by atoms with Crippen LogP contribution in [-0.2, 0) is 4.74 Å². The molecule has 0 aliphatic heterocycles. The molecular weight excluding hydrogens is 251 g/mol. The van der Waals surface area contributed by atoms with Crippen molar-refractivity contribution in [2.45, 2.75) is 0 Å². The first kappa shape index (κ1) is 18.9. The Balaban J connectivity index is 0. The van der Waals surface area contributed by atoms with Crippen LogP contribution >= 0.6 is 0 Å². The second kappa shape index (κ2) is 9.55. The van der Waals surface area contributed by atoms with E-state index in [1.807, 2.05) is 62.2 Å². The van der Waals surface area contributed by atoms with Gasteiger partial charge >= 0.3 is 7.25 Å². The van der Waals surface area contributed by atoms with Gasteiger partial charge in [-0.15, -0.1) is 0 Å². The maximum atomic E-state index is 9.75. The SMILES string of the molecule is CO/C(C=[N+](C)C)=C\C=C\N(C)C.F[B-](F)(F)F. The summed E-state index contributed by atoms with van der Waals surface area (Å²) in [7, 11) is 3.54. The van der Waals surface area contributed by atoms with E-state index in [1.54, 1.807) is 7.11 Å². The van der Waals surface area contributed by atoms with E-state index in [0.717, 1.165) is 5.76 Å². The third-order valence-corrected chi connectivity index (χ3v) is 1.27. The van der Waals surface area contributed by atoms with E-state index in [0.29, 0.717) is 0 Å². The zero-order valence-electron chi connectivity index (χ0n) is 11.2. The van der Waals surface area contributed by atoms with E-state index in [1.165, 1.54) is 0 Å². The van der Waals surface area contributed by atoms with Crippen molar-refractivity contribution in [2.75, 3.05) is 35.3 Å². The number of rotatable bonds is 4. The summed E-state index contributed by atoms with van der Waals surface area (Å²) < 4.78 is 46.1. The molecule has 18 heavy (non-hydrogen) atoms. The van der Waals surface area contributed by atoms with Crippen LogP contribution in [0.15, 0.2) is 24.1 Å². The quantitative estimate of drug-likeness (QED) is 0.194. The van der Waals surface area contributed by atoms with Crippen LogP contribution in [-0.4, -0.2) is 58.2 Å². The number of halogens is 4. The summed E-state index contributed by atoms with van der Waals surface area (Å²) in [6, 6.07) is 0. The highest BCUT2D eigenvalue weighted by molar-refractivity contribution is 6.50. The van der Waals surface area contributed by atoms with Crippen molar-refractivity contribution < 1.29 is 26.6 Å². The fourth-order valence-corrected chi connectivity index (χ4v) is 0.728. The van der Waals surface area contributed by atoms with Crippen LogP contribution in [0.1, 0.15) is 0 Å². The van der Waals surface area contributed by atoms with E-state index in [2.05, 4.69) is 0 Å². The number of nitrogens with zero attached hydrogens (tertiary/aromatic N) is 2. The summed E-state index contributed by atoms with van der Waals surface area (Å²) in [5, 5.41) is 0. The molecule has 0 heterocycles. The highest BCUT2D eigenvalue weighted by atomic mass is 19.5. The van der Waals surface area contributed by atoms with Crippen LogP contribution in [0, 0.1) is 0 Å². The Bertz CT molecular complexity index is 301. The molecule has 0 fully saturated rings. The average Bonchev–Trinajstić information content (AvgIpc) is 2.12. The van der Waals surface area contributed by atoms with Crippen molar-refractivity contribution >= 4 is 13.5 Å². The molecular formula is C10H19BF4N2O. The zero-order valence-corrected chi connectivity index (χ0v) is 11.2. The third-order valence-electron chi connectivity index (χ3n) is 1.27. The van der Waals surface area contributed by atoms with E-state index in [-0.39, 0.29) is 0 Å². The number of hydrogen-bond donors (Lipinski definition) is 0. The molecule has 0 aromatic carbocycles. The van der Waals surface area contributed by atoms with E-state index in [9.17, 15) is 17.3 Å². The van der Waals surface area contributed by atoms with Crippen molar-refractivity contribution in [1.29, 1.82) is 0 Å². The molecule has 0 aliphatic carbocycles. The lowest BCUT2D eigenvalue weighted by Crippen LogP contribution is -2.03. The van der Waals surface area contributed by atoms with Crippen molar-refractivity contribution in [3.63, 3.8) is 0 Å². The Hall–Kier alpha value is -1.47. The highest BCUT2D eigenvalue weighted by Gasteiger charge is 2.20. The minimum atomic E-state index is -6.00. The maximum Gasteiger partial charge on any atom is 0.673 e. The molecule has 0 aliphatic rings. The lowest BCUT2D eigenvalue weighted by atomic mass is 10.3. The standard InChI is InChI=1S/C10H19N2O.BF4/c1-11(2)8-6-7-10(13-5)9-12(3)4;2-1(3,4)5/h6-9H,1-5H3;/q+1;-1. The number of methoxy groups -OCH3 is 1. The molecule has 0 saturated heterocycles. The van der Waals surface area contributed by atoms with Gasteiger partial charge in [-0.2, -0.15) is 0 Å². The number of ether oxygens (including phenoxy) is 1. The summed E-state index contributed by atoms with van der Waals surface area (Å²) >= 11 is 0. The lowest BCUT2D eigenvalue weighted by Gasteiger charge is -2.01. The van der Waals surface area contributed by atoms with Crippen LogP contribution in [0.25, 0.3) is 0 Å². The summed E-state index contributed by atoms with van der Waals surface area (Å²) in [5.74, 6) is 0.836. The van der Waals surface area contributed by atoms with Gasteiger partial charge in [-0.25, -0.2) is 4.58 Å². The molecule has 0 saturated carbocycles. The van der Waals surface area contributed by atoms with Gasteiger partial charge in [-0.05, 0) is 18.4 Å². The van der Waals surface area contributed by atoms with Gasteiger partial charge in [0, 0.05) is 14.1 Å². The fraction of sp³-hybridized carbons (Fsp3) is 0.500. The monoisotopic (exact) mass is 270 g/mol. The van der Waals surface area contributed by atoms with Gasteiger partial charge in [-0.3, -0.25) is 0 Å². The first-order valence-corrected chi connectivity index (χ1v) is 5.03. The van der Waals surface area contributed by atoms with Gasteiger partial charge in [0.25, 0.3) is 0 Å². The molecule has 0 aromatic heterocycles. The Morgan fingerprint density at radius 1 is 1.17 bits per heavy atom. The van der Waals surface area contributed by atoms with Crippen LogP contribution in [0.4, 0.5) is 17.3 Å². The van der Waals surface area contributed by atoms with Gasteiger partial charge in [0.1, 0.15) is 14.1 Å². The highest BCUT2D eigenvalue weighted by Crippen LogP contribution is 2.06. The minimum absolute atomic E-state index is 0.836. The van der Waals surface area contributed by atoms with Gasteiger partial charge < -0.3 is 26.9 Å². The fourth-order valence-electron chi connectivity index (χ4n) is 0.728. The molecule has 0 rings (SSSR count). The normalized spacial score (nSPS) is 11.7. The van der Waals surface area contributed by atoms with Crippen LogP contribution in [0.5, 0.6) is 0 Å². The third kappa shape index (κ3) is 24.0. The Morgan fingerprint density at radius 3 is 1.89 bits per heavy atom. The minimum Gasteiger partial charge on any atom is -0.491 e. The van der Waals surface area contributed by atoms with Crippen molar-refractivity contribution in [3.05, 3.63) is 24.1 Å². The first-order chi connectivity index (χ1) is 8.06. The summed E-state index contributed by atoms with van der Waals surface area (Å²) in [4.78, 5) is 1.97. The second-order valence-corrected chi connectivity index (χ2v) is 3.67. The van der Waals surface area contributed by atoms with E-state index in [4.69, 9.17) is 4.74 Å². The Labute approximate surface area is 105 Å². The summed E-state index contributed by atoms with van der Waals surface area (Å²) in [5.41, 5.74) is 0. The first-order valence-electron chi connectivity index (χ1n) is 5.03. The van der Waals surface area contributed by atoms with Crippen LogP contribution < -0.4 is 0 Å². The van der Waals surface area contributed by atoms with Gasteiger partial charge in [0.15, 0.2) is 5.76 Å². The van der Waals surface area contributed by atoms with E-state index >= 15 is 0 Å². The molecule has 0 aromatic rings. The molecule has 106 valence electrons. The van der Waals surface area contributed by atoms with Gasteiger partial charge in [0.2, 0.25) is 6.21 Å². The molecule has 3 nitrogen and oxygen atoms in total. The average molecular weight is 270 g/mol. The summed E-state index contributed by atoms with van der Waals surface area (Å²) in [6.07, 6.45) is 7.74. The molecule has 8 heteroatoms.